The number of nitrogens with one attached hydrogen (secondary N) is 1. The van der Waals surface area contributed by atoms with Crippen LogP contribution in [0, 0.1) is 18.6 Å². The third-order valence-electron chi connectivity index (χ3n) is 3.99. The topological polar surface area (TPSA) is 39.1 Å². The van der Waals surface area contributed by atoms with E-state index in [4.69, 9.17) is 4.74 Å². The van der Waals surface area contributed by atoms with Gasteiger partial charge in [0, 0.05) is 18.2 Å². The van der Waals surface area contributed by atoms with Gasteiger partial charge in [0.2, 0.25) is 5.88 Å². The largest absolute Gasteiger partial charge is 0.473 e. The van der Waals surface area contributed by atoms with Crippen LogP contribution in [-0.2, 0) is 19.7 Å². The van der Waals surface area contributed by atoms with Gasteiger partial charge in [-0.1, -0.05) is 29.8 Å². The molecule has 1 N–H and O–H groups in total. The highest BCUT2D eigenvalue weighted by atomic mass is 19.1. The molecule has 1 aromatic heterocycles. The van der Waals surface area contributed by atoms with E-state index in [2.05, 4.69) is 10.4 Å². The average Bonchev–Trinajstić information content (AvgIpc) is 2.99. The summed E-state index contributed by atoms with van der Waals surface area (Å²) in [6.45, 7) is 3.09. The van der Waals surface area contributed by atoms with Crippen LogP contribution < -0.4 is 10.1 Å². The number of nitrogens with zero attached hydrogens (tertiary/aromatic N) is 2. The molecule has 0 bridgehead atoms. The van der Waals surface area contributed by atoms with Crippen molar-refractivity contribution in [2.45, 2.75) is 26.6 Å². The Balaban J connectivity index is 1.80. The minimum atomic E-state index is -0.494. The van der Waals surface area contributed by atoms with E-state index in [0.29, 0.717) is 19.0 Å². The summed E-state index contributed by atoms with van der Waals surface area (Å²) in [5.74, 6) is -0.472. The van der Waals surface area contributed by atoms with E-state index in [1.165, 1.54) is 5.56 Å². The van der Waals surface area contributed by atoms with Gasteiger partial charge in [-0.15, -0.1) is 0 Å². The third-order valence-corrected chi connectivity index (χ3v) is 3.99. The van der Waals surface area contributed by atoms with Crippen LogP contribution >= 0.6 is 0 Å². The number of rotatable bonds is 7. The standard InChI is InChI=1S/C20H21F2N3O/c1-14-3-5-15(6-4-14)12-25-20(10-18(24-25)11-23-2)26-13-16-9-17(21)7-8-19(16)22/h3-10,23H,11-13H2,1-2H3. The van der Waals surface area contributed by atoms with Gasteiger partial charge in [0.05, 0.1) is 12.2 Å². The van der Waals surface area contributed by atoms with E-state index in [-0.39, 0.29) is 12.2 Å². The van der Waals surface area contributed by atoms with Gasteiger partial charge < -0.3 is 10.1 Å². The molecule has 0 aliphatic carbocycles. The lowest BCUT2D eigenvalue weighted by molar-refractivity contribution is 0.269. The van der Waals surface area contributed by atoms with E-state index in [9.17, 15) is 8.78 Å². The van der Waals surface area contributed by atoms with E-state index < -0.39 is 11.6 Å². The van der Waals surface area contributed by atoms with Crippen molar-refractivity contribution in [2.75, 3.05) is 7.05 Å². The van der Waals surface area contributed by atoms with Crippen molar-refractivity contribution >= 4 is 0 Å². The molecule has 0 unspecified atom stereocenters. The molecular formula is C20H21F2N3O. The molecule has 0 fully saturated rings. The summed E-state index contributed by atoms with van der Waals surface area (Å²) in [5.41, 5.74) is 3.25. The molecule has 0 radical (unpaired) electrons. The molecule has 0 saturated carbocycles. The van der Waals surface area contributed by atoms with Crippen LogP contribution in [0.4, 0.5) is 8.78 Å². The lowest BCUT2D eigenvalue weighted by Gasteiger charge is -2.10. The molecule has 0 aliphatic rings. The first-order chi connectivity index (χ1) is 12.5. The number of halogens is 2. The molecule has 6 heteroatoms. The first-order valence-corrected chi connectivity index (χ1v) is 8.39. The molecule has 0 atom stereocenters. The van der Waals surface area contributed by atoms with Gasteiger partial charge in [-0.05, 0) is 37.7 Å². The Labute approximate surface area is 151 Å². The van der Waals surface area contributed by atoms with Gasteiger partial charge in [0.1, 0.15) is 18.2 Å². The van der Waals surface area contributed by atoms with Crippen LogP contribution in [0.1, 0.15) is 22.4 Å². The van der Waals surface area contributed by atoms with Crippen molar-refractivity contribution in [2.24, 2.45) is 0 Å². The maximum atomic E-state index is 13.8. The number of benzene rings is 2. The van der Waals surface area contributed by atoms with Crippen molar-refractivity contribution in [1.29, 1.82) is 0 Å². The molecule has 0 saturated heterocycles. The number of hydrogen-bond acceptors (Lipinski definition) is 3. The Morgan fingerprint density at radius 2 is 1.85 bits per heavy atom. The van der Waals surface area contributed by atoms with Gasteiger partial charge in [0.15, 0.2) is 0 Å². The fraction of sp³-hybridized carbons (Fsp3) is 0.250. The van der Waals surface area contributed by atoms with Crippen molar-refractivity contribution in [3.8, 4) is 5.88 Å². The van der Waals surface area contributed by atoms with E-state index in [0.717, 1.165) is 29.5 Å². The van der Waals surface area contributed by atoms with Crippen LogP contribution in [0.3, 0.4) is 0 Å². The molecule has 1 heterocycles. The molecule has 2 aromatic carbocycles. The van der Waals surface area contributed by atoms with Crippen LogP contribution in [0.2, 0.25) is 0 Å². The smallest absolute Gasteiger partial charge is 0.212 e. The zero-order valence-corrected chi connectivity index (χ0v) is 14.8. The van der Waals surface area contributed by atoms with E-state index in [1.54, 1.807) is 4.68 Å². The highest BCUT2D eigenvalue weighted by Crippen LogP contribution is 2.19. The Kier molecular flexibility index (Phi) is 5.63. The predicted octanol–water partition coefficient (Wildman–Crippen LogP) is 3.82. The van der Waals surface area contributed by atoms with Crippen molar-refractivity contribution in [3.63, 3.8) is 0 Å². The lowest BCUT2D eigenvalue weighted by Crippen LogP contribution is -2.09. The molecule has 3 rings (SSSR count). The lowest BCUT2D eigenvalue weighted by atomic mass is 10.1. The van der Waals surface area contributed by atoms with Gasteiger partial charge in [-0.25, -0.2) is 13.5 Å². The molecule has 0 spiro atoms. The average molecular weight is 357 g/mol. The highest BCUT2D eigenvalue weighted by Gasteiger charge is 2.12. The molecular weight excluding hydrogens is 336 g/mol. The molecule has 0 aliphatic heterocycles. The normalized spacial score (nSPS) is 10.9. The second-order valence-electron chi connectivity index (χ2n) is 6.17. The molecule has 3 aromatic rings. The minimum Gasteiger partial charge on any atom is -0.473 e. The Morgan fingerprint density at radius 3 is 2.58 bits per heavy atom. The fourth-order valence-electron chi connectivity index (χ4n) is 2.62. The Bertz CT molecular complexity index is 875. The fourth-order valence-corrected chi connectivity index (χ4v) is 2.62. The summed E-state index contributed by atoms with van der Waals surface area (Å²) in [4.78, 5) is 0. The van der Waals surface area contributed by atoms with Gasteiger partial charge in [-0.2, -0.15) is 5.10 Å². The number of aromatic nitrogens is 2. The van der Waals surface area contributed by atoms with E-state index in [1.807, 2.05) is 44.3 Å². The molecule has 26 heavy (non-hydrogen) atoms. The summed E-state index contributed by atoms with van der Waals surface area (Å²) < 4.78 is 34.6. The summed E-state index contributed by atoms with van der Waals surface area (Å²) in [5, 5.41) is 7.58. The van der Waals surface area contributed by atoms with Crippen molar-refractivity contribution in [3.05, 3.63) is 82.5 Å². The molecule has 4 nitrogen and oxygen atoms in total. The van der Waals surface area contributed by atoms with Crippen molar-refractivity contribution in [1.82, 2.24) is 15.1 Å². The first-order valence-electron chi connectivity index (χ1n) is 8.39. The van der Waals surface area contributed by atoms with Gasteiger partial charge in [-0.3, -0.25) is 0 Å². The summed E-state index contributed by atoms with van der Waals surface area (Å²) >= 11 is 0. The van der Waals surface area contributed by atoms with Crippen LogP contribution in [0.5, 0.6) is 5.88 Å². The monoisotopic (exact) mass is 357 g/mol. The van der Waals surface area contributed by atoms with Crippen LogP contribution in [0.25, 0.3) is 0 Å². The van der Waals surface area contributed by atoms with Gasteiger partial charge >= 0.3 is 0 Å². The maximum Gasteiger partial charge on any atom is 0.212 e. The minimum absolute atomic E-state index is 0.0673. The predicted molar refractivity (Wildman–Crippen MR) is 96.0 cm³/mol. The zero-order valence-electron chi connectivity index (χ0n) is 14.8. The number of hydrogen-bond donors (Lipinski definition) is 1. The second-order valence-corrected chi connectivity index (χ2v) is 6.17. The van der Waals surface area contributed by atoms with E-state index >= 15 is 0 Å². The quantitative estimate of drug-likeness (QED) is 0.699. The zero-order chi connectivity index (χ0) is 18.5. The third kappa shape index (κ3) is 4.46. The molecule has 136 valence electrons. The number of aryl methyl sites for hydroxylation is 1. The SMILES string of the molecule is CNCc1cc(OCc2cc(F)ccc2F)n(Cc2ccc(C)cc2)n1. The summed E-state index contributed by atoms with van der Waals surface area (Å²) in [7, 11) is 1.83. The molecule has 0 amide bonds. The second kappa shape index (κ2) is 8.10. The van der Waals surface area contributed by atoms with Crippen molar-refractivity contribution < 1.29 is 13.5 Å². The maximum absolute atomic E-state index is 13.8. The number of ether oxygens (including phenoxy) is 1. The summed E-state index contributed by atoms with van der Waals surface area (Å²) in [6.07, 6.45) is 0. The highest BCUT2D eigenvalue weighted by molar-refractivity contribution is 5.24. The van der Waals surface area contributed by atoms with Crippen LogP contribution in [0.15, 0.2) is 48.5 Å². The Hall–Kier alpha value is -2.73. The Morgan fingerprint density at radius 1 is 1.08 bits per heavy atom. The first kappa shape index (κ1) is 18.1. The van der Waals surface area contributed by atoms with Crippen LogP contribution in [-0.4, -0.2) is 16.8 Å². The van der Waals surface area contributed by atoms with Gasteiger partial charge in [0.25, 0.3) is 0 Å². The summed E-state index contributed by atoms with van der Waals surface area (Å²) in [6, 6.07) is 13.3.